The molecule has 0 aromatic rings. The Kier molecular flexibility index (Phi) is 3.56. The van der Waals surface area contributed by atoms with Gasteiger partial charge in [0.1, 0.15) is 11.0 Å². The minimum absolute atomic E-state index is 0.375. The van der Waals surface area contributed by atoms with Gasteiger partial charge in [0.15, 0.2) is 0 Å². The maximum absolute atomic E-state index is 10.4. The molecule has 0 fully saturated rings. The highest BCUT2D eigenvalue weighted by atomic mass is 16.6. The van der Waals surface area contributed by atoms with E-state index < -0.39 is 16.9 Å². The van der Waals surface area contributed by atoms with Crippen LogP contribution in [0, 0.1) is 10.1 Å². The van der Waals surface area contributed by atoms with Gasteiger partial charge in [0, 0.05) is 0 Å². The molecule has 0 rings (SSSR count). The molecule has 0 aromatic heterocycles. The first-order chi connectivity index (χ1) is 4.59. The van der Waals surface area contributed by atoms with E-state index in [0.717, 1.165) is 0 Å². The van der Waals surface area contributed by atoms with Crippen LogP contribution in [0.2, 0.25) is 0 Å². The molecule has 1 atom stereocenters. The van der Waals surface area contributed by atoms with Gasteiger partial charge in [-0.1, -0.05) is 13.3 Å². The minimum Gasteiger partial charge on any atom is -0.316 e. The van der Waals surface area contributed by atoms with Gasteiger partial charge in [-0.25, -0.2) is 4.79 Å². The monoisotopic (exact) mass is 146 g/mol. The number of carbonyl (C=O) groups is 1. The van der Waals surface area contributed by atoms with Crippen molar-refractivity contribution in [2.24, 2.45) is 5.73 Å². The van der Waals surface area contributed by atoms with E-state index in [1.807, 2.05) is 6.92 Å². The summed E-state index contributed by atoms with van der Waals surface area (Å²) in [5.41, 5.74) is 5.14. The second-order valence-electron chi connectivity index (χ2n) is 1.99. The fourth-order valence-electron chi connectivity index (χ4n) is 0.570. The Bertz CT molecular complexity index is 146. The predicted molar refractivity (Wildman–Crippen MR) is 34.9 cm³/mol. The predicted octanol–water partition coefficient (Wildman–Crippen LogP) is -0.0829. The third kappa shape index (κ3) is 2.54. The van der Waals surface area contributed by atoms with Crippen molar-refractivity contribution in [2.75, 3.05) is 0 Å². The molecule has 0 aliphatic heterocycles. The zero-order valence-corrected chi connectivity index (χ0v) is 5.74. The summed E-state index contributed by atoms with van der Waals surface area (Å²) >= 11 is 0. The molecule has 1 amide bonds. The standard InChI is InChI=1S/C5H10N2O3/c1-2-3-4(6)5(8)7(9)10/h4H,2-3,6H2,1H3. The summed E-state index contributed by atoms with van der Waals surface area (Å²) in [5, 5.41) is 9.79. The van der Waals surface area contributed by atoms with Crippen molar-refractivity contribution in [1.29, 1.82) is 0 Å². The van der Waals surface area contributed by atoms with Gasteiger partial charge in [-0.2, -0.15) is 0 Å². The fraction of sp³-hybridized carbons (Fsp3) is 0.800. The van der Waals surface area contributed by atoms with Crippen molar-refractivity contribution in [3.8, 4) is 0 Å². The number of rotatable bonds is 3. The van der Waals surface area contributed by atoms with Gasteiger partial charge in [-0.05, 0) is 6.42 Å². The van der Waals surface area contributed by atoms with Crippen LogP contribution in [0.5, 0.6) is 0 Å². The molecule has 5 nitrogen and oxygen atoms in total. The van der Waals surface area contributed by atoms with Crippen molar-refractivity contribution in [1.82, 2.24) is 0 Å². The third-order valence-corrected chi connectivity index (χ3v) is 1.10. The first-order valence-corrected chi connectivity index (χ1v) is 3.03. The lowest BCUT2D eigenvalue weighted by Crippen LogP contribution is -2.35. The molecule has 0 spiro atoms. The first kappa shape index (κ1) is 9.03. The molecular formula is C5H10N2O3. The topological polar surface area (TPSA) is 86.2 Å². The highest BCUT2D eigenvalue weighted by Crippen LogP contribution is 1.94. The van der Waals surface area contributed by atoms with Crippen LogP contribution >= 0.6 is 0 Å². The molecular weight excluding hydrogens is 136 g/mol. The Morgan fingerprint density at radius 2 is 2.30 bits per heavy atom. The normalized spacial score (nSPS) is 12.6. The van der Waals surface area contributed by atoms with Crippen LogP contribution < -0.4 is 5.73 Å². The van der Waals surface area contributed by atoms with E-state index >= 15 is 0 Å². The number of hydrogen-bond acceptors (Lipinski definition) is 4. The zero-order valence-electron chi connectivity index (χ0n) is 5.74. The molecule has 0 aliphatic carbocycles. The summed E-state index contributed by atoms with van der Waals surface area (Å²) in [4.78, 5) is 19.2. The maximum Gasteiger partial charge on any atom is 0.461 e. The SMILES string of the molecule is CCCC(N)C(=O)[N+](=O)[O-]. The van der Waals surface area contributed by atoms with E-state index in [1.54, 1.807) is 0 Å². The van der Waals surface area contributed by atoms with Crippen molar-refractivity contribution in [3.05, 3.63) is 10.1 Å². The summed E-state index contributed by atoms with van der Waals surface area (Å²) in [6.45, 7) is 1.81. The molecule has 0 saturated heterocycles. The lowest BCUT2D eigenvalue weighted by Gasteiger charge is -1.99. The van der Waals surface area contributed by atoms with Gasteiger partial charge >= 0.3 is 5.91 Å². The number of carbonyl (C=O) groups excluding carboxylic acids is 1. The largest absolute Gasteiger partial charge is 0.461 e. The van der Waals surface area contributed by atoms with Crippen LogP contribution in [0.4, 0.5) is 0 Å². The number of nitrogens with zero attached hydrogens (tertiary/aromatic N) is 1. The first-order valence-electron chi connectivity index (χ1n) is 3.03. The summed E-state index contributed by atoms with van der Waals surface area (Å²) in [5.74, 6) is -1.10. The van der Waals surface area contributed by atoms with Crippen molar-refractivity contribution in [3.63, 3.8) is 0 Å². The Hall–Kier alpha value is -0.970. The molecule has 0 saturated carbocycles. The second kappa shape index (κ2) is 3.94. The van der Waals surface area contributed by atoms with Crippen molar-refractivity contribution >= 4 is 5.91 Å². The summed E-state index contributed by atoms with van der Waals surface area (Å²) in [6.07, 6.45) is 1.06. The van der Waals surface area contributed by atoms with Crippen LogP contribution in [0.3, 0.4) is 0 Å². The molecule has 0 aromatic carbocycles. The Labute approximate surface area is 58.4 Å². The van der Waals surface area contributed by atoms with E-state index in [2.05, 4.69) is 0 Å². The highest BCUT2D eigenvalue weighted by molar-refractivity contribution is 5.73. The number of nitrogens with two attached hydrogens (primary N) is 1. The van der Waals surface area contributed by atoms with Gasteiger partial charge < -0.3 is 5.73 Å². The van der Waals surface area contributed by atoms with E-state index in [9.17, 15) is 14.9 Å². The molecule has 5 heteroatoms. The summed E-state index contributed by atoms with van der Waals surface area (Å²) in [7, 11) is 0. The maximum atomic E-state index is 10.4. The van der Waals surface area contributed by atoms with Crippen molar-refractivity contribution in [2.45, 2.75) is 25.8 Å². The molecule has 0 radical (unpaired) electrons. The molecule has 58 valence electrons. The van der Waals surface area contributed by atoms with E-state index in [-0.39, 0.29) is 0 Å². The number of hydrogen-bond donors (Lipinski definition) is 1. The molecule has 0 bridgehead atoms. The van der Waals surface area contributed by atoms with Crippen LogP contribution in [-0.2, 0) is 4.79 Å². The van der Waals surface area contributed by atoms with Gasteiger partial charge in [-0.15, -0.1) is 0 Å². The van der Waals surface area contributed by atoms with Crippen LogP contribution in [0.25, 0.3) is 0 Å². The van der Waals surface area contributed by atoms with Gasteiger partial charge in [-0.3, -0.25) is 10.1 Å². The average molecular weight is 146 g/mol. The Balaban J connectivity index is 3.82. The average Bonchev–Trinajstić information content (AvgIpc) is 1.87. The third-order valence-electron chi connectivity index (χ3n) is 1.10. The quantitative estimate of drug-likeness (QED) is 0.445. The van der Waals surface area contributed by atoms with E-state index in [1.165, 1.54) is 0 Å². The van der Waals surface area contributed by atoms with Gasteiger partial charge in [0.05, 0.1) is 0 Å². The summed E-state index contributed by atoms with van der Waals surface area (Å²) < 4.78 is 0. The zero-order chi connectivity index (χ0) is 8.15. The molecule has 2 N–H and O–H groups in total. The molecule has 0 heterocycles. The summed E-state index contributed by atoms with van der Waals surface area (Å²) in [6, 6.07) is -0.931. The van der Waals surface area contributed by atoms with E-state index in [0.29, 0.717) is 12.8 Å². The molecule has 1 unspecified atom stereocenters. The van der Waals surface area contributed by atoms with Gasteiger partial charge in [0.25, 0.3) is 0 Å². The van der Waals surface area contributed by atoms with Gasteiger partial charge in [0.2, 0.25) is 0 Å². The number of nitro groups is 1. The minimum atomic E-state index is -1.10. The lowest BCUT2D eigenvalue weighted by atomic mass is 10.2. The number of amides is 1. The lowest BCUT2D eigenvalue weighted by molar-refractivity contribution is -0.403. The highest BCUT2D eigenvalue weighted by Gasteiger charge is 2.23. The van der Waals surface area contributed by atoms with E-state index in [4.69, 9.17) is 5.73 Å². The smallest absolute Gasteiger partial charge is 0.316 e. The molecule has 10 heavy (non-hydrogen) atoms. The Morgan fingerprint density at radius 3 is 2.60 bits per heavy atom. The van der Waals surface area contributed by atoms with Crippen LogP contribution in [0.1, 0.15) is 19.8 Å². The van der Waals surface area contributed by atoms with Crippen LogP contribution in [0.15, 0.2) is 0 Å². The molecule has 0 aliphatic rings. The Morgan fingerprint density at radius 1 is 1.80 bits per heavy atom. The van der Waals surface area contributed by atoms with Crippen LogP contribution in [-0.4, -0.2) is 16.9 Å². The van der Waals surface area contributed by atoms with Crippen molar-refractivity contribution < 1.29 is 9.72 Å². The second-order valence-corrected chi connectivity index (χ2v) is 1.99. The fourth-order valence-corrected chi connectivity index (χ4v) is 0.570.